The van der Waals surface area contributed by atoms with Crippen LogP contribution in [0.15, 0.2) is 42.9 Å². The highest BCUT2D eigenvalue weighted by atomic mass is 16.3. The lowest BCUT2D eigenvalue weighted by Gasteiger charge is -2.29. The molecular weight excluding hydrogens is 396 g/mol. The summed E-state index contributed by atoms with van der Waals surface area (Å²) in [6.45, 7) is 1.35. The van der Waals surface area contributed by atoms with E-state index in [9.17, 15) is 9.90 Å². The summed E-state index contributed by atoms with van der Waals surface area (Å²) in [5, 5.41) is 29.0. The molecule has 10 heteroatoms. The predicted molar refractivity (Wildman–Crippen MR) is 113 cm³/mol. The van der Waals surface area contributed by atoms with Crippen LogP contribution in [-0.2, 0) is 6.54 Å². The number of anilines is 1. The highest BCUT2D eigenvalue weighted by Crippen LogP contribution is 2.25. The Bertz CT molecular complexity index is 1140. The van der Waals surface area contributed by atoms with Gasteiger partial charge >= 0.3 is 0 Å². The molecule has 4 rings (SSSR count). The van der Waals surface area contributed by atoms with Crippen molar-refractivity contribution in [3.05, 3.63) is 48.5 Å². The summed E-state index contributed by atoms with van der Waals surface area (Å²) in [6, 6.07) is 9.20. The largest absolute Gasteiger partial charge is 0.391 e. The van der Waals surface area contributed by atoms with Crippen LogP contribution >= 0.6 is 0 Å². The Hall–Kier alpha value is -3.81. The van der Waals surface area contributed by atoms with Gasteiger partial charge in [-0.15, -0.1) is 0 Å². The molecule has 0 spiro atoms. The number of aliphatic hydroxyl groups excluding tert-OH is 1. The van der Waals surface area contributed by atoms with Crippen molar-refractivity contribution in [1.29, 1.82) is 5.26 Å². The SMILES string of the molecule is N#CCn1cc(-c2cccc(-c3cnc(N)c(C(=O)N[C@@H]4CNCC[C@H]4O)n3)c2)cn1. The second-order valence-electron chi connectivity index (χ2n) is 7.29. The Morgan fingerprint density at radius 2 is 2.19 bits per heavy atom. The van der Waals surface area contributed by atoms with Crippen LogP contribution in [0.1, 0.15) is 16.9 Å². The van der Waals surface area contributed by atoms with Crippen molar-refractivity contribution in [2.45, 2.75) is 25.1 Å². The van der Waals surface area contributed by atoms with Crippen LogP contribution < -0.4 is 16.4 Å². The van der Waals surface area contributed by atoms with Crippen molar-refractivity contribution >= 4 is 11.7 Å². The highest BCUT2D eigenvalue weighted by Gasteiger charge is 2.26. The smallest absolute Gasteiger partial charge is 0.274 e. The van der Waals surface area contributed by atoms with Crippen molar-refractivity contribution in [3.63, 3.8) is 0 Å². The fraction of sp³-hybridized carbons (Fsp3) is 0.286. The molecule has 1 saturated heterocycles. The molecule has 3 heterocycles. The van der Waals surface area contributed by atoms with Gasteiger partial charge < -0.3 is 21.5 Å². The van der Waals surface area contributed by atoms with Gasteiger partial charge in [0.05, 0.1) is 36.3 Å². The quantitative estimate of drug-likeness (QED) is 0.469. The summed E-state index contributed by atoms with van der Waals surface area (Å²) in [5.41, 5.74) is 8.93. The monoisotopic (exact) mass is 418 g/mol. The summed E-state index contributed by atoms with van der Waals surface area (Å²) in [5.74, 6) is -0.457. The number of rotatable bonds is 5. The van der Waals surface area contributed by atoms with Gasteiger partial charge in [-0.25, -0.2) is 9.97 Å². The predicted octanol–water partition coefficient (Wildman–Crippen LogP) is 0.565. The number of nitrogens with zero attached hydrogens (tertiary/aromatic N) is 5. The zero-order chi connectivity index (χ0) is 21.8. The van der Waals surface area contributed by atoms with Gasteiger partial charge in [0.25, 0.3) is 5.91 Å². The maximum atomic E-state index is 12.7. The number of carbonyl (C=O) groups excluding carboxylic acids is 1. The van der Waals surface area contributed by atoms with E-state index in [0.29, 0.717) is 25.2 Å². The lowest BCUT2D eigenvalue weighted by Crippen LogP contribution is -2.53. The number of amides is 1. The topological polar surface area (TPSA) is 155 Å². The normalized spacial score (nSPS) is 18.3. The number of nitrogen functional groups attached to an aromatic ring is 1. The first-order valence-corrected chi connectivity index (χ1v) is 9.87. The molecule has 158 valence electrons. The molecule has 0 radical (unpaired) electrons. The number of aromatic nitrogens is 4. The molecule has 0 unspecified atom stereocenters. The van der Waals surface area contributed by atoms with E-state index in [4.69, 9.17) is 11.0 Å². The van der Waals surface area contributed by atoms with Crippen LogP contribution in [0.3, 0.4) is 0 Å². The first kappa shape index (κ1) is 20.5. The van der Waals surface area contributed by atoms with E-state index in [1.807, 2.05) is 24.3 Å². The summed E-state index contributed by atoms with van der Waals surface area (Å²) in [7, 11) is 0. The highest BCUT2D eigenvalue weighted by molar-refractivity contribution is 5.97. The van der Waals surface area contributed by atoms with Crippen LogP contribution in [-0.4, -0.2) is 56.0 Å². The standard InChI is InChI=1S/C21H22N8O2/c22-5-7-29-12-15(9-26-29)13-2-1-3-14(8-13)16-11-25-20(23)19(27-16)21(31)28-17-10-24-6-4-18(17)30/h1-3,8-9,11-12,17-18,24,30H,4,6-7,10H2,(H2,23,25)(H,28,31)/t17-,18-/m1/s1. The number of benzene rings is 1. The van der Waals surface area contributed by atoms with E-state index in [2.05, 4.69) is 31.8 Å². The zero-order valence-corrected chi connectivity index (χ0v) is 16.7. The Morgan fingerprint density at radius 3 is 3.00 bits per heavy atom. The number of aliphatic hydroxyl groups is 1. The van der Waals surface area contributed by atoms with Crippen LogP contribution in [0.4, 0.5) is 5.82 Å². The molecule has 3 aromatic rings. The van der Waals surface area contributed by atoms with Gasteiger partial charge in [-0.3, -0.25) is 9.48 Å². The fourth-order valence-corrected chi connectivity index (χ4v) is 3.46. The number of nitriles is 1. The first-order valence-electron chi connectivity index (χ1n) is 9.87. The van der Waals surface area contributed by atoms with Gasteiger partial charge in [-0.2, -0.15) is 10.4 Å². The van der Waals surface area contributed by atoms with E-state index >= 15 is 0 Å². The molecular formula is C21H22N8O2. The average Bonchev–Trinajstić information content (AvgIpc) is 3.25. The lowest BCUT2D eigenvalue weighted by atomic mass is 10.0. The summed E-state index contributed by atoms with van der Waals surface area (Å²) < 4.78 is 1.56. The van der Waals surface area contributed by atoms with Gasteiger partial charge in [-0.05, 0) is 24.6 Å². The molecule has 2 atom stereocenters. The van der Waals surface area contributed by atoms with E-state index in [0.717, 1.165) is 16.7 Å². The minimum atomic E-state index is -0.624. The van der Waals surface area contributed by atoms with Crippen LogP contribution in [0.5, 0.6) is 0 Å². The van der Waals surface area contributed by atoms with E-state index in [-0.39, 0.29) is 18.1 Å². The number of hydrogen-bond donors (Lipinski definition) is 4. The van der Waals surface area contributed by atoms with Gasteiger partial charge in [0.2, 0.25) is 0 Å². The number of nitrogens with two attached hydrogens (primary N) is 1. The van der Waals surface area contributed by atoms with E-state index in [1.165, 1.54) is 6.20 Å². The Morgan fingerprint density at radius 1 is 1.35 bits per heavy atom. The van der Waals surface area contributed by atoms with Gasteiger partial charge in [-0.1, -0.05) is 18.2 Å². The Kier molecular flexibility index (Phi) is 5.88. The van der Waals surface area contributed by atoms with Gasteiger partial charge in [0.1, 0.15) is 6.54 Å². The third-order valence-corrected chi connectivity index (χ3v) is 5.14. The van der Waals surface area contributed by atoms with Gasteiger partial charge in [0.15, 0.2) is 11.5 Å². The average molecular weight is 418 g/mol. The maximum Gasteiger partial charge on any atom is 0.274 e. The number of nitrogens with one attached hydrogen (secondary N) is 2. The molecule has 5 N–H and O–H groups in total. The van der Waals surface area contributed by atoms with Crippen LogP contribution in [0, 0.1) is 11.3 Å². The molecule has 0 aliphatic carbocycles. The van der Waals surface area contributed by atoms with Crippen LogP contribution in [0.2, 0.25) is 0 Å². The van der Waals surface area contributed by atoms with E-state index in [1.54, 1.807) is 17.1 Å². The fourth-order valence-electron chi connectivity index (χ4n) is 3.46. The minimum absolute atomic E-state index is 0.0162. The molecule has 10 nitrogen and oxygen atoms in total. The third kappa shape index (κ3) is 4.53. The second kappa shape index (κ2) is 8.91. The molecule has 1 aromatic carbocycles. The summed E-state index contributed by atoms with van der Waals surface area (Å²) in [6.07, 6.45) is 4.93. The summed E-state index contributed by atoms with van der Waals surface area (Å²) >= 11 is 0. The number of piperidine rings is 1. The third-order valence-electron chi connectivity index (χ3n) is 5.14. The Labute approximate surface area is 178 Å². The number of hydrogen-bond acceptors (Lipinski definition) is 8. The molecule has 0 bridgehead atoms. The second-order valence-corrected chi connectivity index (χ2v) is 7.29. The van der Waals surface area contributed by atoms with Crippen LogP contribution in [0.25, 0.3) is 22.4 Å². The minimum Gasteiger partial charge on any atom is -0.391 e. The number of carbonyl (C=O) groups is 1. The molecule has 31 heavy (non-hydrogen) atoms. The molecule has 2 aromatic heterocycles. The zero-order valence-electron chi connectivity index (χ0n) is 16.7. The van der Waals surface area contributed by atoms with E-state index < -0.39 is 18.1 Å². The van der Waals surface area contributed by atoms with Crippen molar-refractivity contribution in [1.82, 2.24) is 30.4 Å². The first-order chi connectivity index (χ1) is 15.0. The lowest BCUT2D eigenvalue weighted by molar-refractivity contribution is 0.0751. The van der Waals surface area contributed by atoms with Crippen molar-refractivity contribution in [2.24, 2.45) is 0 Å². The van der Waals surface area contributed by atoms with Crippen molar-refractivity contribution in [3.8, 4) is 28.5 Å². The Balaban J connectivity index is 1.59. The van der Waals surface area contributed by atoms with Crippen molar-refractivity contribution < 1.29 is 9.90 Å². The molecule has 1 fully saturated rings. The van der Waals surface area contributed by atoms with Gasteiger partial charge in [0, 0.05) is 23.9 Å². The summed E-state index contributed by atoms with van der Waals surface area (Å²) in [4.78, 5) is 21.3. The molecule has 0 saturated carbocycles. The maximum absolute atomic E-state index is 12.7. The molecule has 1 aliphatic heterocycles. The van der Waals surface area contributed by atoms with Crippen molar-refractivity contribution in [2.75, 3.05) is 18.8 Å². The molecule has 1 amide bonds. The molecule has 1 aliphatic rings.